The van der Waals surface area contributed by atoms with E-state index in [1.54, 1.807) is 6.07 Å². The number of hydrogen-bond acceptors (Lipinski definition) is 4. The van der Waals surface area contributed by atoms with E-state index in [2.05, 4.69) is 9.97 Å². The van der Waals surface area contributed by atoms with Crippen molar-refractivity contribution in [2.45, 2.75) is 0 Å². The maximum atomic E-state index is 10.7. The third kappa shape index (κ3) is 1.40. The van der Waals surface area contributed by atoms with Gasteiger partial charge in [-0.3, -0.25) is 4.79 Å². The molecule has 0 aliphatic carbocycles. The van der Waals surface area contributed by atoms with Crippen molar-refractivity contribution in [3.63, 3.8) is 0 Å². The number of aromatic hydroxyl groups is 1. The number of hydrogen-bond donors (Lipinski definition) is 1. The Kier molecular flexibility index (Phi) is 2.05. The van der Waals surface area contributed by atoms with Crippen molar-refractivity contribution in [3.05, 3.63) is 29.2 Å². The van der Waals surface area contributed by atoms with E-state index in [-0.39, 0.29) is 16.7 Å². The van der Waals surface area contributed by atoms with Gasteiger partial charge in [-0.1, -0.05) is 0 Å². The molecule has 0 aliphatic rings. The number of benzene rings is 1. The minimum absolute atomic E-state index is 0.0188. The van der Waals surface area contributed by atoms with Gasteiger partial charge in [-0.15, -0.1) is 0 Å². The molecule has 2 aromatic rings. The van der Waals surface area contributed by atoms with E-state index in [1.807, 2.05) is 0 Å². The van der Waals surface area contributed by atoms with Gasteiger partial charge >= 0.3 is 0 Å². The summed E-state index contributed by atoms with van der Waals surface area (Å²) in [7, 11) is 0. The quantitative estimate of drug-likeness (QED) is 0.573. The van der Waals surface area contributed by atoms with Crippen LogP contribution in [0.5, 0.6) is 5.75 Å². The Morgan fingerprint density at radius 1 is 1.36 bits per heavy atom. The molecular formula is C9H5ClN2O2. The maximum Gasteiger partial charge on any atom is 0.223 e. The van der Waals surface area contributed by atoms with Crippen LogP contribution in [0.3, 0.4) is 0 Å². The third-order valence-corrected chi connectivity index (χ3v) is 1.96. The molecule has 70 valence electrons. The predicted molar refractivity (Wildman–Crippen MR) is 51.6 cm³/mol. The molecule has 1 heterocycles. The van der Waals surface area contributed by atoms with E-state index in [0.29, 0.717) is 17.2 Å². The van der Waals surface area contributed by atoms with Gasteiger partial charge in [-0.2, -0.15) is 0 Å². The molecule has 1 aromatic heterocycles. The number of fused-ring (bicyclic) bond motifs is 1. The number of rotatable bonds is 1. The van der Waals surface area contributed by atoms with Crippen molar-refractivity contribution in [2.75, 3.05) is 0 Å². The van der Waals surface area contributed by atoms with Crippen LogP contribution in [-0.4, -0.2) is 21.4 Å². The van der Waals surface area contributed by atoms with E-state index in [4.69, 9.17) is 11.6 Å². The van der Waals surface area contributed by atoms with Crippen LogP contribution in [0.25, 0.3) is 10.9 Å². The molecule has 0 atom stereocenters. The highest BCUT2D eigenvalue weighted by atomic mass is 35.5. The van der Waals surface area contributed by atoms with Crippen LogP contribution in [-0.2, 0) is 0 Å². The van der Waals surface area contributed by atoms with Gasteiger partial charge in [0.1, 0.15) is 11.4 Å². The van der Waals surface area contributed by atoms with Crippen LogP contribution in [0.15, 0.2) is 18.2 Å². The van der Waals surface area contributed by atoms with Crippen LogP contribution >= 0.6 is 11.6 Å². The molecule has 0 radical (unpaired) electrons. The van der Waals surface area contributed by atoms with Gasteiger partial charge in [-0.25, -0.2) is 9.97 Å². The van der Waals surface area contributed by atoms with Gasteiger partial charge in [0, 0.05) is 5.39 Å². The molecule has 0 fully saturated rings. The average Bonchev–Trinajstić information content (AvgIpc) is 2.17. The second-order valence-electron chi connectivity index (χ2n) is 2.70. The van der Waals surface area contributed by atoms with Crippen molar-refractivity contribution in [1.82, 2.24) is 9.97 Å². The standard InChI is InChI=1S/C9H5ClN2O2/c10-9-11-7-2-1-5(14)3-6(7)8(4-13)12-9/h1-4,14H. The third-order valence-electron chi connectivity index (χ3n) is 1.79. The zero-order valence-corrected chi connectivity index (χ0v) is 7.69. The van der Waals surface area contributed by atoms with Crippen LogP contribution < -0.4 is 0 Å². The molecule has 2 rings (SSSR count). The normalized spacial score (nSPS) is 10.4. The Balaban J connectivity index is 2.88. The molecule has 0 amide bonds. The topological polar surface area (TPSA) is 63.1 Å². The number of phenolic OH excluding ortho intramolecular Hbond substituents is 1. The molecule has 1 aromatic carbocycles. The first-order chi connectivity index (χ1) is 6.70. The molecule has 0 bridgehead atoms. The fraction of sp³-hybridized carbons (Fsp3) is 0. The lowest BCUT2D eigenvalue weighted by atomic mass is 10.2. The molecule has 0 aliphatic heterocycles. The number of carbonyl (C=O) groups is 1. The van der Waals surface area contributed by atoms with Crippen molar-refractivity contribution in [2.24, 2.45) is 0 Å². The van der Waals surface area contributed by atoms with Crippen LogP contribution in [0.2, 0.25) is 5.28 Å². The number of aromatic nitrogens is 2. The Hall–Kier alpha value is -1.68. The van der Waals surface area contributed by atoms with Gasteiger partial charge in [0.25, 0.3) is 0 Å². The summed E-state index contributed by atoms with van der Waals surface area (Å²) in [5.74, 6) is 0.0616. The zero-order chi connectivity index (χ0) is 10.1. The summed E-state index contributed by atoms with van der Waals surface area (Å²) in [4.78, 5) is 18.3. The lowest BCUT2D eigenvalue weighted by Crippen LogP contribution is -1.93. The molecule has 0 spiro atoms. The van der Waals surface area contributed by atoms with E-state index in [0.717, 1.165) is 0 Å². The second-order valence-corrected chi connectivity index (χ2v) is 3.04. The predicted octanol–water partition coefficient (Wildman–Crippen LogP) is 1.80. The minimum atomic E-state index is 0.0188. The van der Waals surface area contributed by atoms with Gasteiger partial charge in [0.2, 0.25) is 5.28 Å². The first kappa shape index (κ1) is 8.90. The lowest BCUT2D eigenvalue weighted by Gasteiger charge is -2.00. The van der Waals surface area contributed by atoms with Gasteiger partial charge in [0.05, 0.1) is 5.52 Å². The van der Waals surface area contributed by atoms with E-state index in [9.17, 15) is 9.90 Å². The summed E-state index contributed by atoms with van der Waals surface area (Å²) in [6.07, 6.45) is 0.579. The van der Waals surface area contributed by atoms with Crippen molar-refractivity contribution in [1.29, 1.82) is 0 Å². The molecule has 14 heavy (non-hydrogen) atoms. The van der Waals surface area contributed by atoms with Crippen molar-refractivity contribution in [3.8, 4) is 5.75 Å². The fourth-order valence-electron chi connectivity index (χ4n) is 1.20. The van der Waals surface area contributed by atoms with E-state index < -0.39 is 0 Å². The summed E-state index contributed by atoms with van der Waals surface area (Å²) in [5, 5.41) is 9.72. The van der Waals surface area contributed by atoms with Crippen LogP contribution in [0, 0.1) is 0 Å². The number of phenols is 1. The molecular weight excluding hydrogens is 204 g/mol. The van der Waals surface area contributed by atoms with Crippen LogP contribution in [0.1, 0.15) is 10.5 Å². The molecule has 0 saturated carbocycles. The molecule has 4 nitrogen and oxygen atoms in total. The highest BCUT2D eigenvalue weighted by Crippen LogP contribution is 2.21. The largest absolute Gasteiger partial charge is 0.508 e. The number of nitrogens with zero attached hydrogens (tertiary/aromatic N) is 2. The molecule has 5 heteroatoms. The highest BCUT2D eigenvalue weighted by Gasteiger charge is 2.05. The lowest BCUT2D eigenvalue weighted by molar-refractivity contribution is 0.112. The highest BCUT2D eigenvalue weighted by molar-refractivity contribution is 6.28. The SMILES string of the molecule is O=Cc1nc(Cl)nc2ccc(O)cc12. The summed E-state index contributed by atoms with van der Waals surface area (Å²) in [6, 6.07) is 4.47. The summed E-state index contributed by atoms with van der Waals surface area (Å²) >= 11 is 5.60. The molecule has 0 saturated heterocycles. The average molecular weight is 209 g/mol. The monoisotopic (exact) mass is 208 g/mol. The zero-order valence-electron chi connectivity index (χ0n) is 6.94. The first-order valence-corrected chi connectivity index (χ1v) is 4.20. The van der Waals surface area contributed by atoms with E-state index >= 15 is 0 Å². The Morgan fingerprint density at radius 2 is 2.14 bits per heavy atom. The van der Waals surface area contributed by atoms with Gasteiger partial charge in [-0.05, 0) is 29.8 Å². The smallest absolute Gasteiger partial charge is 0.223 e. The second kappa shape index (κ2) is 3.23. The van der Waals surface area contributed by atoms with Crippen molar-refractivity contribution < 1.29 is 9.90 Å². The van der Waals surface area contributed by atoms with Crippen molar-refractivity contribution >= 4 is 28.8 Å². The summed E-state index contributed by atoms with van der Waals surface area (Å²) in [5.41, 5.74) is 0.709. The number of carbonyl (C=O) groups excluding carboxylic acids is 1. The Labute approximate surface area is 84.2 Å². The summed E-state index contributed by atoms with van der Waals surface area (Å²) in [6.45, 7) is 0. The minimum Gasteiger partial charge on any atom is -0.508 e. The number of aldehydes is 1. The van der Waals surface area contributed by atoms with E-state index in [1.165, 1.54) is 12.1 Å². The molecule has 0 unspecified atom stereocenters. The fourth-order valence-corrected chi connectivity index (χ4v) is 1.38. The first-order valence-electron chi connectivity index (χ1n) is 3.82. The Morgan fingerprint density at radius 3 is 2.86 bits per heavy atom. The Bertz CT molecular complexity index is 513. The molecule has 1 N–H and O–H groups in total. The number of halogens is 1. The van der Waals surface area contributed by atoms with Gasteiger partial charge in [0.15, 0.2) is 6.29 Å². The maximum absolute atomic E-state index is 10.7. The summed E-state index contributed by atoms with van der Waals surface area (Å²) < 4.78 is 0. The van der Waals surface area contributed by atoms with Gasteiger partial charge < -0.3 is 5.11 Å². The van der Waals surface area contributed by atoms with Crippen LogP contribution in [0.4, 0.5) is 0 Å².